The first-order valence-corrected chi connectivity index (χ1v) is 8.20. The van der Waals surface area contributed by atoms with Gasteiger partial charge in [0.1, 0.15) is 5.02 Å². The lowest BCUT2D eigenvalue weighted by Crippen LogP contribution is -2.23. The summed E-state index contributed by atoms with van der Waals surface area (Å²) in [5.74, 6) is -0.0948. The van der Waals surface area contributed by atoms with Gasteiger partial charge in [0, 0.05) is 23.7 Å². The second kappa shape index (κ2) is 6.99. The number of amides is 1. The zero-order valence-electron chi connectivity index (χ0n) is 13.4. The number of halogens is 4. The Balaban J connectivity index is 2.05. The molecule has 0 spiro atoms. The Hall–Kier alpha value is -2.54. The van der Waals surface area contributed by atoms with Crippen molar-refractivity contribution in [2.24, 2.45) is 0 Å². The Morgan fingerprint density at radius 1 is 1.12 bits per heavy atom. The van der Waals surface area contributed by atoms with E-state index in [1.165, 1.54) is 18.2 Å². The SMILES string of the molecule is O=C1CC[C@H](C=C(c2ccc(C(F)(F)F)cc2)c2ccc(Cl)c(=O)[nH]2)N1. The van der Waals surface area contributed by atoms with Gasteiger partial charge in [-0.1, -0.05) is 29.8 Å². The fraction of sp³-hybridized carbons (Fsp3) is 0.222. The van der Waals surface area contributed by atoms with E-state index in [1.54, 1.807) is 12.1 Å². The van der Waals surface area contributed by atoms with Crippen LogP contribution >= 0.6 is 11.6 Å². The molecule has 2 heterocycles. The molecule has 1 aliphatic heterocycles. The van der Waals surface area contributed by atoms with E-state index in [-0.39, 0.29) is 17.0 Å². The minimum absolute atomic E-state index is 0.00897. The molecule has 0 saturated carbocycles. The summed E-state index contributed by atoms with van der Waals surface area (Å²) < 4.78 is 38.4. The van der Waals surface area contributed by atoms with Crippen LogP contribution in [0.25, 0.3) is 5.57 Å². The summed E-state index contributed by atoms with van der Waals surface area (Å²) in [6.45, 7) is 0. The average Bonchev–Trinajstić information content (AvgIpc) is 3.00. The van der Waals surface area contributed by atoms with Crippen LogP contribution in [0.1, 0.15) is 29.7 Å². The zero-order valence-corrected chi connectivity index (χ0v) is 14.1. The maximum Gasteiger partial charge on any atom is 0.416 e. The summed E-state index contributed by atoms with van der Waals surface area (Å²) in [6, 6.07) is 7.34. The number of carbonyl (C=O) groups is 1. The molecule has 0 bridgehead atoms. The van der Waals surface area contributed by atoms with Crippen molar-refractivity contribution in [2.75, 3.05) is 0 Å². The molecule has 1 atom stereocenters. The second-order valence-electron chi connectivity index (χ2n) is 5.92. The van der Waals surface area contributed by atoms with Crippen molar-refractivity contribution in [1.82, 2.24) is 10.3 Å². The zero-order chi connectivity index (χ0) is 18.9. The first kappa shape index (κ1) is 18.3. The maximum atomic E-state index is 12.8. The maximum absolute atomic E-state index is 12.8. The van der Waals surface area contributed by atoms with Crippen LogP contribution in [-0.2, 0) is 11.0 Å². The molecule has 1 amide bonds. The van der Waals surface area contributed by atoms with Crippen molar-refractivity contribution in [3.63, 3.8) is 0 Å². The number of alkyl halides is 3. The molecule has 136 valence electrons. The number of aromatic nitrogens is 1. The molecular weight excluding hydrogens is 369 g/mol. The summed E-state index contributed by atoms with van der Waals surface area (Å²) in [6.07, 6.45) is -1.76. The largest absolute Gasteiger partial charge is 0.416 e. The number of H-pyrrole nitrogens is 1. The van der Waals surface area contributed by atoms with Crippen LogP contribution in [0.4, 0.5) is 13.2 Å². The van der Waals surface area contributed by atoms with Crippen molar-refractivity contribution in [1.29, 1.82) is 0 Å². The Labute approximate surface area is 151 Å². The molecule has 1 saturated heterocycles. The van der Waals surface area contributed by atoms with Crippen molar-refractivity contribution >= 4 is 23.1 Å². The molecule has 1 aromatic carbocycles. The van der Waals surface area contributed by atoms with Gasteiger partial charge in [-0.25, -0.2) is 0 Å². The van der Waals surface area contributed by atoms with Gasteiger partial charge in [-0.15, -0.1) is 0 Å². The minimum Gasteiger partial charge on any atom is -0.350 e. The summed E-state index contributed by atoms with van der Waals surface area (Å²) in [4.78, 5) is 25.9. The van der Waals surface area contributed by atoms with Crippen LogP contribution in [0.15, 0.2) is 47.3 Å². The molecule has 8 heteroatoms. The van der Waals surface area contributed by atoms with E-state index in [2.05, 4.69) is 10.3 Å². The van der Waals surface area contributed by atoms with E-state index in [0.29, 0.717) is 29.7 Å². The molecule has 0 aliphatic carbocycles. The molecule has 1 fully saturated rings. The smallest absolute Gasteiger partial charge is 0.350 e. The summed E-state index contributed by atoms with van der Waals surface area (Å²) in [5.41, 5.74) is 0.133. The van der Waals surface area contributed by atoms with E-state index >= 15 is 0 Å². The fourth-order valence-corrected chi connectivity index (χ4v) is 2.87. The van der Waals surface area contributed by atoms with Crippen LogP contribution in [-0.4, -0.2) is 16.9 Å². The van der Waals surface area contributed by atoms with E-state index in [1.807, 2.05) is 0 Å². The highest BCUT2D eigenvalue weighted by atomic mass is 35.5. The van der Waals surface area contributed by atoms with Crippen molar-refractivity contribution < 1.29 is 18.0 Å². The number of hydrogen-bond acceptors (Lipinski definition) is 2. The number of carbonyl (C=O) groups excluding carboxylic acids is 1. The van der Waals surface area contributed by atoms with Gasteiger partial charge < -0.3 is 10.3 Å². The Kier molecular flexibility index (Phi) is 4.91. The fourth-order valence-electron chi connectivity index (χ4n) is 2.76. The summed E-state index contributed by atoms with van der Waals surface area (Å²) in [5, 5.41) is 2.78. The molecular formula is C18H14ClF3N2O2. The number of benzene rings is 1. The number of rotatable bonds is 3. The third-order valence-corrected chi connectivity index (χ3v) is 4.37. The third kappa shape index (κ3) is 3.99. The standard InChI is InChI=1S/C18H14ClF3N2O2/c19-14-6-7-15(24-17(14)26)13(9-12-5-8-16(25)23-12)10-1-3-11(4-2-10)18(20,21)22/h1-4,6-7,9,12H,5,8H2,(H,23,25)(H,24,26)/t12-/m1/s1. The van der Waals surface area contributed by atoms with Gasteiger partial charge in [-0.2, -0.15) is 13.2 Å². The minimum atomic E-state index is -4.43. The molecule has 2 N–H and O–H groups in total. The lowest BCUT2D eigenvalue weighted by atomic mass is 9.98. The van der Waals surface area contributed by atoms with Gasteiger partial charge in [0.2, 0.25) is 5.91 Å². The number of hydrogen-bond donors (Lipinski definition) is 2. The molecule has 0 unspecified atom stereocenters. The Morgan fingerprint density at radius 3 is 2.35 bits per heavy atom. The van der Waals surface area contributed by atoms with E-state index in [0.717, 1.165) is 12.1 Å². The van der Waals surface area contributed by atoms with Crippen LogP contribution in [0.5, 0.6) is 0 Å². The average molecular weight is 383 g/mol. The lowest BCUT2D eigenvalue weighted by Gasteiger charge is -2.13. The number of pyridine rings is 1. The molecule has 0 radical (unpaired) electrons. The van der Waals surface area contributed by atoms with E-state index < -0.39 is 17.3 Å². The summed E-state index contributed by atoms with van der Waals surface area (Å²) in [7, 11) is 0. The van der Waals surface area contributed by atoms with Gasteiger partial charge in [0.25, 0.3) is 5.56 Å². The van der Waals surface area contributed by atoms with Gasteiger partial charge in [0.15, 0.2) is 0 Å². The van der Waals surface area contributed by atoms with E-state index in [4.69, 9.17) is 11.6 Å². The normalized spacial score (nSPS) is 18.1. The first-order valence-electron chi connectivity index (χ1n) is 7.82. The van der Waals surface area contributed by atoms with Crippen LogP contribution in [0, 0.1) is 0 Å². The van der Waals surface area contributed by atoms with E-state index in [9.17, 15) is 22.8 Å². The van der Waals surface area contributed by atoms with Gasteiger partial charge in [-0.3, -0.25) is 9.59 Å². The molecule has 1 aliphatic rings. The first-order chi connectivity index (χ1) is 12.2. The van der Waals surface area contributed by atoms with Crippen LogP contribution < -0.4 is 10.9 Å². The van der Waals surface area contributed by atoms with Gasteiger partial charge in [0.05, 0.1) is 5.56 Å². The molecule has 3 rings (SSSR count). The van der Waals surface area contributed by atoms with Crippen LogP contribution in [0.3, 0.4) is 0 Å². The summed E-state index contributed by atoms with van der Waals surface area (Å²) >= 11 is 5.75. The Morgan fingerprint density at radius 2 is 1.81 bits per heavy atom. The topological polar surface area (TPSA) is 62.0 Å². The second-order valence-corrected chi connectivity index (χ2v) is 6.32. The highest BCUT2D eigenvalue weighted by Crippen LogP contribution is 2.31. The molecule has 4 nitrogen and oxygen atoms in total. The van der Waals surface area contributed by atoms with Crippen molar-refractivity contribution in [3.05, 3.63) is 74.7 Å². The molecule has 1 aromatic heterocycles. The predicted molar refractivity (Wildman–Crippen MR) is 91.8 cm³/mol. The predicted octanol–water partition coefficient (Wildman–Crippen LogP) is 3.76. The monoisotopic (exact) mass is 382 g/mol. The van der Waals surface area contributed by atoms with Crippen molar-refractivity contribution in [2.45, 2.75) is 25.1 Å². The van der Waals surface area contributed by atoms with Gasteiger partial charge in [-0.05, 0) is 36.2 Å². The van der Waals surface area contributed by atoms with Gasteiger partial charge >= 0.3 is 6.18 Å². The highest BCUT2D eigenvalue weighted by molar-refractivity contribution is 6.30. The van der Waals surface area contributed by atoms with Crippen molar-refractivity contribution in [3.8, 4) is 0 Å². The lowest BCUT2D eigenvalue weighted by molar-refractivity contribution is -0.137. The van der Waals surface area contributed by atoms with Crippen LogP contribution in [0.2, 0.25) is 5.02 Å². The highest BCUT2D eigenvalue weighted by Gasteiger charge is 2.30. The molecule has 2 aromatic rings. The molecule has 26 heavy (non-hydrogen) atoms. The number of aromatic amines is 1. The third-order valence-electron chi connectivity index (χ3n) is 4.07. The number of nitrogens with one attached hydrogen (secondary N) is 2. The Bertz CT molecular complexity index is 917. The quantitative estimate of drug-likeness (QED) is 0.849.